The van der Waals surface area contributed by atoms with Crippen molar-refractivity contribution in [3.8, 4) is 11.5 Å². The van der Waals surface area contributed by atoms with E-state index in [0.717, 1.165) is 28.8 Å². The number of rotatable bonds is 1. The van der Waals surface area contributed by atoms with E-state index in [1.165, 1.54) is 0 Å². The zero-order valence-corrected chi connectivity index (χ0v) is 13.3. The molecule has 25 heavy (non-hydrogen) atoms. The van der Waals surface area contributed by atoms with Crippen LogP contribution in [0.3, 0.4) is 0 Å². The van der Waals surface area contributed by atoms with Gasteiger partial charge in [0.1, 0.15) is 0 Å². The van der Waals surface area contributed by atoms with E-state index >= 15 is 0 Å². The van der Waals surface area contributed by atoms with Crippen molar-refractivity contribution < 1.29 is 9.47 Å². The van der Waals surface area contributed by atoms with Gasteiger partial charge < -0.3 is 15.2 Å². The number of benzene rings is 1. The predicted octanol–water partition coefficient (Wildman–Crippen LogP) is 1.88. The minimum atomic E-state index is -0.334. The summed E-state index contributed by atoms with van der Waals surface area (Å²) in [7, 11) is 0. The van der Waals surface area contributed by atoms with E-state index in [1.807, 2.05) is 28.8 Å². The highest BCUT2D eigenvalue weighted by atomic mass is 16.5. The Labute approximate surface area is 143 Å². The van der Waals surface area contributed by atoms with Crippen molar-refractivity contribution in [2.45, 2.75) is 12.6 Å². The number of nitrogens with two attached hydrogens (primary N) is 1. The number of hydrogen-bond acceptors (Lipinski definition) is 7. The Morgan fingerprint density at radius 2 is 2.04 bits per heavy atom. The van der Waals surface area contributed by atoms with Crippen molar-refractivity contribution >= 4 is 22.9 Å². The molecule has 2 aliphatic rings. The van der Waals surface area contributed by atoms with E-state index in [4.69, 9.17) is 15.2 Å². The van der Waals surface area contributed by atoms with Gasteiger partial charge in [0, 0.05) is 36.5 Å². The largest absolute Gasteiger partial charge is 0.489 e. The summed E-state index contributed by atoms with van der Waals surface area (Å²) in [5.74, 6) is 2.40. The molecule has 5 rings (SSSR count). The Kier molecular flexibility index (Phi) is 3.03. The van der Waals surface area contributed by atoms with Crippen LogP contribution in [0.4, 0.5) is 5.95 Å². The average molecular weight is 336 g/mol. The maximum atomic E-state index is 5.96. The molecule has 2 aliphatic heterocycles. The van der Waals surface area contributed by atoms with Crippen LogP contribution < -0.4 is 20.5 Å². The first-order valence-corrected chi connectivity index (χ1v) is 8.11. The molecule has 1 aromatic carbocycles. The molecule has 0 bridgehead atoms. The van der Waals surface area contributed by atoms with Crippen LogP contribution in [0.2, 0.25) is 0 Å². The van der Waals surface area contributed by atoms with Gasteiger partial charge in [0.15, 0.2) is 23.6 Å². The van der Waals surface area contributed by atoms with Crippen molar-refractivity contribution in [3.05, 3.63) is 42.2 Å². The fourth-order valence-corrected chi connectivity index (χ4v) is 3.18. The highest BCUT2D eigenvalue weighted by Gasteiger charge is 2.26. The van der Waals surface area contributed by atoms with Gasteiger partial charge in [0.25, 0.3) is 0 Å². The van der Waals surface area contributed by atoms with Crippen molar-refractivity contribution in [1.29, 1.82) is 0 Å². The summed E-state index contributed by atoms with van der Waals surface area (Å²) < 4.78 is 13.6. The van der Waals surface area contributed by atoms with Gasteiger partial charge in [-0.1, -0.05) is 6.07 Å². The van der Waals surface area contributed by atoms with Gasteiger partial charge in [-0.05, 0) is 6.07 Å². The van der Waals surface area contributed by atoms with E-state index in [2.05, 4.69) is 20.3 Å². The van der Waals surface area contributed by atoms with Crippen LogP contribution in [0.1, 0.15) is 18.2 Å². The van der Waals surface area contributed by atoms with Crippen molar-refractivity contribution in [2.75, 3.05) is 18.5 Å². The van der Waals surface area contributed by atoms with Crippen LogP contribution in [0.5, 0.6) is 11.5 Å². The number of ether oxygens (including phenoxy) is 2. The Bertz CT molecular complexity index is 982. The molecule has 0 spiro atoms. The molecule has 0 radical (unpaired) electrons. The topological polar surface area (TPSA) is 99.6 Å². The molecule has 3 aromatic rings. The molecule has 4 heterocycles. The lowest BCUT2D eigenvalue weighted by Crippen LogP contribution is -2.31. The normalized spacial score (nSPS) is 18.9. The number of aliphatic imine (C=N–C) groups is 1. The molecule has 0 saturated heterocycles. The zero-order valence-electron chi connectivity index (χ0n) is 13.3. The number of aromatic nitrogens is 3. The smallest absolute Gasteiger partial charge is 0.212 e. The third-order valence-electron chi connectivity index (χ3n) is 4.29. The van der Waals surface area contributed by atoms with Crippen molar-refractivity contribution in [3.63, 3.8) is 0 Å². The van der Waals surface area contributed by atoms with E-state index in [9.17, 15) is 0 Å². The fourth-order valence-electron chi connectivity index (χ4n) is 3.18. The van der Waals surface area contributed by atoms with Gasteiger partial charge in [-0.25, -0.2) is 9.98 Å². The van der Waals surface area contributed by atoms with Crippen LogP contribution in [-0.4, -0.2) is 33.7 Å². The Balaban J connectivity index is 1.72. The number of anilines is 1. The summed E-state index contributed by atoms with van der Waals surface area (Å²) in [6, 6.07) is 7.71. The van der Waals surface area contributed by atoms with Gasteiger partial charge in [0.05, 0.1) is 24.2 Å². The Hall–Kier alpha value is -3.29. The second-order valence-electron chi connectivity index (χ2n) is 5.94. The third-order valence-corrected chi connectivity index (χ3v) is 4.29. The second kappa shape index (κ2) is 5.37. The van der Waals surface area contributed by atoms with E-state index in [1.54, 1.807) is 12.4 Å². The van der Waals surface area contributed by atoms with E-state index < -0.39 is 0 Å². The van der Waals surface area contributed by atoms with Gasteiger partial charge in [-0.2, -0.15) is 0 Å². The summed E-state index contributed by atoms with van der Waals surface area (Å²) >= 11 is 0. The lowest BCUT2D eigenvalue weighted by atomic mass is 10.2. The molecular formula is C17H16N6O2. The number of hydrogen-bond donors (Lipinski definition) is 2. The van der Waals surface area contributed by atoms with Crippen LogP contribution in [0.15, 0.2) is 41.7 Å². The summed E-state index contributed by atoms with van der Waals surface area (Å²) in [6.45, 7) is 1.27. The standard InChI is InChI=1S/C17H16N6O2/c18-16-21-15(10-3-1-4-19-9-10)23-12-8-14-13(24-5-2-6-25-14)7-11(12)20-17(23)22-16/h1,3-4,7-9,15H,2,5-6H2,(H3,18,20,21,22)/t15-/m0/s1. The van der Waals surface area contributed by atoms with Gasteiger partial charge in [-0.15, -0.1) is 0 Å². The number of pyridine rings is 1. The van der Waals surface area contributed by atoms with Crippen molar-refractivity contribution in [2.24, 2.45) is 10.7 Å². The summed E-state index contributed by atoms with van der Waals surface area (Å²) in [5, 5.41) is 3.03. The number of nitrogens with zero attached hydrogens (tertiary/aromatic N) is 4. The van der Waals surface area contributed by atoms with Crippen LogP contribution in [0.25, 0.3) is 11.0 Å². The predicted molar refractivity (Wildman–Crippen MR) is 93.0 cm³/mol. The molecule has 0 aliphatic carbocycles. The monoisotopic (exact) mass is 336 g/mol. The van der Waals surface area contributed by atoms with Crippen LogP contribution >= 0.6 is 0 Å². The number of fused-ring (bicyclic) bond motifs is 4. The van der Waals surface area contributed by atoms with E-state index in [-0.39, 0.29) is 6.17 Å². The molecular weight excluding hydrogens is 320 g/mol. The fraction of sp³-hybridized carbons (Fsp3) is 0.235. The number of nitrogens with one attached hydrogen (secondary N) is 1. The quantitative estimate of drug-likeness (QED) is 0.704. The molecule has 8 nitrogen and oxygen atoms in total. The molecule has 0 saturated carbocycles. The van der Waals surface area contributed by atoms with E-state index in [0.29, 0.717) is 30.9 Å². The molecule has 126 valence electrons. The maximum absolute atomic E-state index is 5.96. The molecule has 0 fully saturated rings. The SMILES string of the molecule is NC1=N[C@H](c2cccnc2)n2c(nc3cc4c(cc32)OCCCO4)N1. The molecule has 0 unspecified atom stereocenters. The van der Waals surface area contributed by atoms with Crippen LogP contribution in [-0.2, 0) is 0 Å². The second-order valence-corrected chi connectivity index (χ2v) is 5.94. The van der Waals surface area contributed by atoms with Crippen molar-refractivity contribution in [1.82, 2.24) is 14.5 Å². The van der Waals surface area contributed by atoms with Crippen LogP contribution in [0, 0.1) is 0 Å². The minimum absolute atomic E-state index is 0.325. The molecule has 1 atom stereocenters. The first-order valence-electron chi connectivity index (χ1n) is 8.11. The lowest BCUT2D eigenvalue weighted by Gasteiger charge is -2.23. The summed E-state index contributed by atoms with van der Waals surface area (Å²) in [6.07, 6.45) is 4.04. The van der Waals surface area contributed by atoms with Gasteiger partial charge >= 0.3 is 0 Å². The highest BCUT2D eigenvalue weighted by molar-refractivity contribution is 5.95. The lowest BCUT2D eigenvalue weighted by molar-refractivity contribution is 0.297. The zero-order chi connectivity index (χ0) is 16.8. The minimum Gasteiger partial charge on any atom is -0.489 e. The number of imidazole rings is 1. The average Bonchev–Trinajstić information content (AvgIpc) is 2.81. The molecule has 3 N–H and O–H groups in total. The summed E-state index contributed by atoms with van der Waals surface area (Å²) in [4.78, 5) is 13.4. The number of guanidine groups is 1. The first-order chi connectivity index (χ1) is 12.3. The molecule has 8 heteroatoms. The summed E-state index contributed by atoms with van der Waals surface area (Å²) in [5.41, 5.74) is 8.58. The molecule has 0 amide bonds. The maximum Gasteiger partial charge on any atom is 0.212 e. The third kappa shape index (κ3) is 2.25. The Morgan fingerprint density at radius 3 is 2.84 bits per heavy atom. The first kappa shape index (κ1) is 14.1. The van der Waals surface area contributed by atoms with Gasteiger partial charge in [0.2, 0.25) is 5.95 Å². The highest BCUT2D eigenvalue weighted by Crippen LogP contribution is 2.38. The molecule has 2 aromatic heterocycles. The Morgan fingerprint density at radius 1 is 1.20 bits per heavy atom. The van der Waals surface area contributed by atoms with Gasteiger partial charge in [-0.3, -0.25) is 14.9 Å².